The van der Waals surface area contributed by atoms with Crippen molar-refractivity contribution in [3.05, 3.63) is 114 Å². The van der Waals surface area contributed by atoms with E-state index in [0.29, 0.717) is 13.1 Å². The molecule has 2 aromatic carbocycles. The Bertz CT molecular complexity index is 965. The van der Waals surface area contributed by atoms with Crippen molar-refractivity contribution in [2.24, 2.45) is 0 Å². The van der Waals surface area contributed by atoms with E-state index in [9.17, 15) is 4.79 Å². The summed E-state index contributed by atoms with van der Waals surface area (Å²) >= 11 is 0. The van der Waals surface area contributed by atoms with Crippen LogP contribution >= 0.6 is 0 Å². The highest BCUT2D eigenvalue weighted by atomic mass is 16.2. The van der Waals surface area contributed by atoms with Crippen LogP contribution in [-0.4, -0.2) is 15.2 Å². The molecule has 0 spiro atoms. The number of hydrogen-bond acceptors (Lipinski definition) is 1. The number of fused-ring (bicyclic) bond motifs is 1. The molecule has 26 heavy (non-hydrogen) atoms. The van der Waals surface area contributed by atoms with Crippen molar-refractivity contribution < 1.29 is 4.79 Å². The summed E-state index contributed by atoms with van der Waals surface area (Å²) in [5.41, 5.74) is 3.92. The van der Waals surface area contributed by atoms with E-state index in [1.165, 1.54) is 0 Å². The first-order chi connectivity index (χ1) is 12.8. The van der Waals surface area contributed by atoms with E-state index in [-0.39, 0.29) is 5.91 Å². The second kappa shape index (κ2) is 7.28. The van der Waals surface area contributed by atoms with Crippen LogP contribution in [0, 0.1) is 0 Å². The van der Waals surface area contributed by atoms with E-state index in [0.717, 1.165) is 22.2 Å². The lowest BCUT2D eigenvalue weighted by Crippen LogP contribution is -2.30. The fraction of sp³-hybridized carbons (Fsp3) is 0.0870. The van der Waals surface area contributed by atoms with Crippen LogP contribution in [-0.2, 0) is 13.1 Å². The van der Waals surface area contributed by atoms with E-state index in [1.807, 2.05) is 82.4 Å². The molecule has 0 atom stereocenters. The summed E-state index contributed by atoms with van der Waals surface area (Å²) in [7, 11) is 0. The van der Waals surface area contributed by atoms with Gasteiger partial charge in [-0.3, -0.25) is 4.79 Å². The molecule has 0 saturated heterocycles. The predicted molar refractivity (Wildman–Crippen MR) is 104 cm³/mol. The highest BCUT2D eigenvalue weighted by Crippen LogP contribution is 2.18. The van der Waals surface area contributed by atoms with Gasteiger partial charge in [-0.1, -0.05) is 66.7 Å². The molecule has 0 bridgehead atoms. The summed E-state index contributed by atoms with van der Waals surface area (Å²) < 4.78 is 1.98. The quantitative estimate of drug-likeness (QED) is 0.513. The lowest BCUT2D eigenvalue weighted by molar-refractivity contribution is 0.0732. The average molecular weight is 340 g/mol. The molecule has 2 aromatic heterocycles. The van der Waals surface area contributed by atoms with Crippen molar-refractivity contribution in [2.45, 2.75) is 13.1 Å². The number of pyridine rings is 1. The Labute approximate surface area is 153 Å². The predicted octanol–water partition coefficient (Wildman–Crippen LogP) is 4.78. The maximum absolute atomic E-state index is 13.3. The third-order valence-electron chi connectivity index (χ3n) is 4.52. The molecule has 0 aliphatic carbocycles. The zero-order chi connectivity index (χ0) is 17.8. The van der Waals surface area contributed by atoms with Crippen LogP contribution in [0.2, 0.25) is 0 Å². The Morgan fingerprint density at radius 3 is 1.88 bits per heavy atom. The minimum atomic E-state index is 0.0476. The first-order valence-electron chi connectivity index (χ1n) is 8.74. The number of rotatable bonds is 5. The number of amides is 1. The van der Waals surface area contributed by atoms with Crippen LogP contribution < -0.4 is 0 Å². The highest BCUT2D eigenvalue weighted by molar-refractivity contribution is 6.01. The number of nitrogens with zero attached hydrogens (tertiary/aromatic N) is 2. The molecular weight excluding hydrogens is 320 g/mol. The van der Waals surface area contributed by atoms with Gasteiger partial charge in [0.15, 0.2) is 0 Å². The minimum absolute atomic E-state index is 0.0476. The molecular formula is C23H20N2O. The summed E-state index contributed by atoms with van der Waals surface area (Å²) in [5.74, 6) is 0.0476. The minimum Gasteiger partial charge on any atom is -0.330 e. The van der Waals surface area contributed by atoms with E-state index in [4.69, 9.17) is 0 Å². The Balaban J connectivity index is 1.68. The molecule has 0 fully saturated rings. The number of carbonyl (C=O) groups is 1. The Kier molecular flexibility index (Phi) is 4.52. The molecule has 3 nitrogen and oxygen atoms in total. The third kappa shape index (κ3) is 3.38. The van der Waals surface area contributed by atoms with Gasteiger partial charge in [0, 0.05) is 25.5 Å². The molecule has 3 heteroatoms. The van der Waals surface area contributed by atoms with Crippen molar-refractivity contribution in [3.63, 3.8) is 0 Å². The van der Waals surface area contributed by atoms with Gasteiger partial charge in [0.1, 0.15) is 0 Å². The molecule has 2 heterocycles. The van der Waals surface area contributed by atoms with Crippen LogP contribution in [0.15, 0.2) is 97.3 Å². The van der Waals surface area contributed by atoms with Gasteiger partial charge in [0.05, 0.1) is 11.1 Å². The third-order valence-corrected chi connectivity index (χ3v) is 4.52. The van der Waals surface area contributed by atoms with E-state index in [1.54, 1.807) is 0 Å². The van der Waals surface area contributed by atoms with Crippen molar-refractivity contribution in [3.8, 4) is 0 Å². The summed E-state index contributed by atoms with van der Waals surface area (Å²) in [6.45, 7) is 1.16. The lowest BCUT2D eigenvalue weighted by atomic mass is 10.1. The molecule has 0 saturated carbocycles. The fourth-order valence-corrected chi connectivity index (χ4v) is 3.21. The summed E-state index contributed by atoms with van der Waals surface area (Å²) in [4.78, 5) is 15.3. The standard InChI is InChI=1S/C23H20N2O/c26-23(21-14-16-24-15-8-7-13-22(21)24)25(17-19-9-3-1-4-10-19)18-20-11-5-2-6-12-20/h1-16H,17-18H2. The molecule has 4 aromatic rings. The van der Waals surface area contributed by atoms with Gasteiger partial charge in [-0.25, -0.2) is 0 Å². The number of carbonyl (C=O) groups excluding carboxylic acids is 1. The molecule has 0 N–H and O–H groups in total. The van der Waals surface area contributed by atoms with E-state index < -0.39 is 0 Å². The van der Waals surface area contributed by atoms with Gasteiger partial charge in [0.25, 0.3) is 5.91 Å². The van der Waals surface area contributed by atoms with Crippen LogP contribution in [0.1, 0.15) is 21.5 Å². The van der Waals surface area contributed by atoms with Crippen LogP contribution in [0.5, 0.6) is 0 Å². The molecule has 0 unspecified atom stereocenters. The molecule has 4 rings (SSSR count). The van der Waals surface area contributed by atoms with Gasteiger partial charge in [-0.05, 0) is 29.3 Å². The summed E-state index contributed by atoms with van der Waals surface area (Å²) in [5, 5.41) is 0. The van der Waals surface area contributed by atoms with Gasteiger partial charge < -0.3 is 9.30 Å². The smallest absolute Gasteiger partial charge is 0.256 e. The molecule has 0 aliphatic heterocycles. The largest absolute Gasteiger partial charge is 0.330 e. The summed E-state index contributed by atoms with van der Waals surface area (Å²) in [6, 6.07) is 28.1. The second-order valence-corrected chi connectivity index (χ2v) is 6.35. The second-order valence-electron chi connectivity index (χ2n) is 6.35. The SMILES string of the molecule is O=C(c1ccn2ccccc12)N(Cc1ccccc1)Cc1ccccc1. The maximum atomic E-state index is 13.3. The first kappa shape index (κ1) is 16.2. The zero-order valence-corrected chi connectivity index (χ0v) is 14.5. The molecule has 0 radical (unpaired) electrons. The Morgan fingerprint density at radius 2 is 1.27 bits per heavy atom. The van der Waals surface area contributed by atoms with Crippen molar-refractivity contribution >= 4 is 11.4 Å². The van der Waals surface area contributed by atoms with Crippen LogP contribution in [0.4, 0.5) is 0 Å². The van der Waals surface area contributed by atoms with E-state index >= 15 is 0 Å². The number of aromatic nitrogens is 1. The normalized spacial score (nSPS) is 10.8. The Morgan fingerprint density at radius 1 is 0.692 bits per heavy atom. The first-order valence-corrected chi connectivity index (χ1v) is 8.74. The highest BCUT2D eigenvalue weighted by Gasteiger charge is 2.19. The number of benzene rings is 2. The average Bonchev–Trinajstić information content (AvgIpc) is 3.13. The lowest BCUT2D eigenvalue weighted by Gasteiger charge is -2.23. The number of hydrogen-bond donors (Lipinski definition) is 0. The maximum Gasteiger partial charge on any atom is 0.256 e. The van der Waals surface area contributed by atoms with Gasteiger partial charge in [-0.2, -0.15) is 0 Å². The monoisotopic (exact) mass is 340 g/mol. The topological polar surface area (TPSA) is 24.7 Å². The molecule has 1 amide bonds. The van der Waals surface area contributed by atoms with E-state index in [2.05, 4.69) is 24.3 Å². The van der Waals surface area contributed by atoms with Gasteiger partial charge in [-0.15, -0.1) is 0 Å². The van der Waals surface area contributed by atoms with Crippen molar-refractivity contribution in [2.75, 3.05) is 0 Å². The van der Waals surface area contributed by atoms with Crippen molar-refractivity contribution in [1.29, 1.82) is 0 Å². The molecule has 0 aliphatic rings. The zero-order valence-electron chi connectivity index (χ0n) is 14.5. The summed E-state index contributed by atoms with van der Waals surface area (Å²) in [6.07, 6.45) is 3.90. The van der Waals surface area contributed by atoms with Crippen LogP contribution in [0.25, 0.3) is 5.52 Å². The van der Waals surface area contributed by atoms with Crippen LogP contribution in [0.3, 0.4) is 0 Å². The van der Waals surface area contributed by atoms with Crippen molar-refractivity contribution in [1.82, 2.24) is 9.30 Å². The Hall–Kier alpha value is -3.33. The fourth-order valence-electron chi connectivity index (χ4n) is 3.21. The van der Waals surface area contributed by atoms with Gasteiger partial charge in [0.2, 0.25) is 0 Å². The molecule has 128 valence electrons. The van der Waals surface area contributed by atoms with Gasteiger partial charge >= 0.3 is 0 Å².